The molecule has 0 aromatic rings. The fourth-order valence-corrected chi connectivity index (χ4v) is 1.75. The second kappa shape index (κ2) is 7.69. The van der Waals surface area contributed by atoms with Gasteiger partial charge in [0.2, 0.25) is 6.08 Å². The first-order valence-electron chi connectivity index (χ1n) is 7.08. The topological polar surface area (TPSA) is 85.2 Å². The molecule has 0 aromatic carbocycles. The number of aliphatic carboxylic acids is 1. The van der Waals surface area contributed by atoms with E-state index in [1.165, 1.54) is 6.08 Å². The second-order valence-electron chi connectivity index (χ2n) is 6.92. The van der Waals surface area contributed by atoms with E-state index in [9.17, 15) is 14.7 Å². The summed E-state index contributed by atoms with van der Waals surface area (Å²) in [4.78, 5) is 25.5. The Morgan fingerprint density at radius 2 is 1.67 bits per heavy atom. The van der Waals surface area contributed by atoms with Gasteiger partial charge >= 0.3 is 5.97 Å². The highest BCUT2D eigenvalue weighted by molar-refractivity contribution is 5.78. The van der Waals surface area contributed by atoms with E-state index in [1.807, 2.05) is 20.8 Å². The average molecular weight is 301 g/mol. The summed E-state index contributed by atoms with van der Waals surface area (Å²) in [6.07, 6.45) is 2.59. The van der Waals surface area contributed by atoms with E-state index in [1.54, 1.807) is 20.8 Å². The van der Waals surface area contributed by atoms with Crippen LogP contribution in [0.2, 0.25) is 0 Å². The lowest BCUT2D eigenvalue weighted by Crippen LogP contribution is -2.45. The van der Waals surface area contributed by atoms with Crippen LogP contribution in [0.15, 0.2) is 4.99 Å². The third kappa shape index (κ3) is 8.60. The van der Waals surface area contributed by atoms with E-state index < -0.39 is 17.3 Å². The summed E-state index contributed by atoms with van der Waals surface area (Å²) in [6, 6.07) is 0. The molecule has 0 aliphatic heterocycles. The van der Waals surface area contributed by atoms with Crippen molar-refractivity contribution in [3.63, 3.8) is 0 Å². The highest BCUT2D eigenvalue weighted by Gasteiger charge is 2.43. The van der Waals surface area contributed by atoms with Crippen LogP contribution in [0, 0.1) is 0 Å². The molecule has 122 valence electrons. The first-order chi connectivity index (χ1) is 9.42. The fourth-order valence-electron chi connectivity index (χ4n) is 1.75. The maximum Gasteiger partial charge on any atom is 0.360 e. The summed E-state index contributed by atoms with van der Waals surface area (Å²) >= 11 is 0. The van der Waals surface area contributed by atoms with E-state index in [0.717, 1.165) is 0 Å². The molecule has 0 radical (unpaired) electrons. The smallest absolute Gasteiger partial charge is 0.360 e. The summed E-state index contributed by atoms with van der Waals surface area (Å²) in [5, 5.41) is 9.38. The Morgan fingerprint density at radius 1 is 1.10 bits per heavy atom. The van der Waals surface area contributed by atoms with Crippen molar-refractivity contribution in [1.82, 2.24) is 0 Å². The average Bonchev–Trinajstić information content (AvgIpc) is 2.24. The number of carboxylic acid groups (broad SMARTS) is 1. The normalized spacial score (nSPS) is 15.1. The van der Waals surface area contributed by atoms with Crippen molar-refractivity contribution in [2.24, 2.45) is 4.99 Å². The van der Waals surface area contributed by atoms with Gasteiger partial charge in [-0.05, 0) is 54.4 Å². The van der Waals surface area contributed by atoms with Crippen molar-refractivity contribution < 1.29 is 24.2 Å². The summed E-state index contributed by atoms with van der Waals surface area (Å²) < 4.78 is 11.1. The minimum atomic E-state index is -1.87. The minimum Gasteiger partial charge on any atom is -0.478 e. The fraction of sp³-hybridized carbons (Fsp3) is 0.867. The molecule has 0 heterocycles. The molecule has 0 amide bonds. The number of hydrogen-bond acceptors (Lipinski definition) is 5. The van der Waals surface area contributed by atoms with Crippen LogP contribution in [0.3, 0.4) is 0 Å². The molecule has 0 fully saturated rings. The molecule has 0 spiro atoms. The van der Waals surface area contributed by atoms with Crippen molar-refractivity contribution in [2.75, 3.05) is 6.61 Å². The molecule has 0 rings (SSSR count). The Hall–Kier alpha value is -1.23. The standard InChI is InChI=1S/C15H27NO5/c1-13(2,3)20-10-8-7-9-15(12(18)19,16-11-17)21-14(4,5)6/h7-10H2,1-6H3,(H,18,19). The van der Waals surface area contributed by atoms with Gasteiger partial charge in [-0.3, -0.25) is 0 Å². The van der Waals surface area contributed by atoms with Crippen LogP contribution in [0.4, 0.5) is 0 Å². The summed E-state index contributed by atoms with van der Waals surface area (Å²) in [7, 11) is 0. The molecule has 6 nitrogen and oxygen atoms in total. The number of hydrogen-bond donors (Lipinski definition) is 1. The highest BCUT2D eigenvalue weighted by Crippen LogP contribution is 2.27. The molecule has 0 aliphatic carbocycles. The van der Waals surface area contributed by atoms with Crippen molar-refractivity contribution in [3.8, 4) is 0 Å². The number of ether oxygens (including phenoxy) is 2. The quantitative estimate of drug-likeness (QED) is 0.423. The number of carboxylic acids is 1. The van der Waals surface area contributed by atoms with Crippen LogP contribution < -0.4 is 0 Å². The summed E-state index contributed by atoms with van der Waals surface area (Å²) in [5.41, 5.74) is -2.84. The Kier molecular flexibility index (Phi) is 7.24. The van der Waals surface area contributed by atoms with Crippen LogP contribution in [0.25, 0.3) is 0 Å². The lowest BCUT2D eigenvalue weighted by Gasteiger charge is -2.32. The van der Waals surface area contributed by atoms with Gasteiger partial charge in [0, 0.05) is 13.0 Å². The lowest BCUT2D eigenvalue weighted by molar-refractivity contribution is -0.185. The molecule has 0 bridgehead atoms. The zero-order chi connectivity index (χ0) is 16.7. The third-order valence-electron chi connectivity index (χ3n) is 2.48. The molecule has 1 unspecified atom stereocenters. The Morgan fingerprint density at radius 3 is 2.05 bits per heavy atom. The van der Waals surface area contributed by atoms with Crippen LogP contribution in [0.5, 0.6) is 0 Å². The van der Waals surface area contributed by atoms with Gasteiger partial charge in [-0.2, -0.15) is 4.99 Å². The predicted octanol–water partition coefficient (Wildman–Crippen LogP) is 2.90. The summed E-state index contributed by atoms with van der Waals surface area (Å²) in [5.74, 6) is -1.28. The van der Waals surface area contributed by atoms with Gasteiger partial charge in [-0.15, -0.1) is 0 Å². The molecular formula is C15H27NO5. The SMILES string of the molecule is CC(C)(C)OCCCCC(N=C=O)(OC(C)(C)C)C(=O)O. The number of carbonyl (C=O) groups is 1. The zero-order valence-corrected chi connectivity index (χ0v) is 13.9. The molecule has 6 heteroatoms. The van der Waals surface area contributed by atoms with E-state index >= 15 is 0 Å². The molecule has 0 aliphatic rings. The Bertz CT molecular complexity index is 384. The van der Waals surface area contributed by atoms with Gasteiger partial charge in [0.1, 0.15) is 0 Å². The Balaban J connectivity index is 4.69. The van der Waals surface area contributed by atoms with Crippen LogP contribution in [-0.4, -0.2) is 40.7 Å². The van der Waals surface area contributed by atoms with E-state index in [4.69, 9.17) is 9.47 Å². The molecule has 0 saturated heterocycles. The maximum absolute atomic E-state index is 11.5. The van der Waals surface area contributed by atoms with Crippen LogP contribution in [0.1, 0.15) is 60.8 Å². The number of aliphatic imine (C=N–C) groups is 1. The molecule has 21 heavy (non-hydrogen) atoms. The van der Waals surface area contributed by atoms with E-state index in [0.29, 0.717) is 19.4 Å². The Labute approximate surface area is 126 Å². The molecule has 0 aromatic heterocycles. The zero-order valence-electron chi connectivity index (χ0n) is 13.9. The maximum atomic E-state index is 11.5. The van der Waals surface area contributed by atoms with E-state index in [2.05, 4.69) is 4.99 Å². The molecule has 1 atom stereocenters. The van der Waals surface area contributed by atoms with Gasteiger partial charge in [0.05, 0.1) is 11.2 Å². The van der Waals surface area contributed by atoms with Crippen molar-refractivity contribution in [2.45, 2.75) is 77.7 Å². The van der Waals surface area contributed by atoms with Crippen LogP contribution >= 0.6 is 0 Å². The first kappa shape index (κ1) is 19.8. The molecule has 0 saturated carbocycles. The van der Waals surface area contributed by atoms with Crippen molar-refractivity contribution >= 4 is 12.0 Å². The first-order valence-corrected chi connectivity index (χ1v) is 7.08. The largest absolute Gasteiger partial charge is 0.478 e. The second-order valence-corrected chi connectivity index (χ2v) is 6.92. The number of unbranched alkanes of at least 4 members (excludes halogenated alkanes) is 1. The van der Waals surface area contributed by atoms with Gasteiger partial charge in [-0.25, -0.2) is 9.59 Å². The number of rotatable bonds is 8. The van der Waals surface area contributed by atoms with Gasteiger partial charge in [-0.1, -0.05) is 0 Å². The lowest BCUT2D eigenvalue weighted by atomic mass is 10.0. The van der Waals surface area contributed by atoms with Crippen molar-refractivity contribution in [3.05, 3.63) is 0 Å². The van der Waals surface area contributed by atoms with Crippen LogP contribution in [-0.2, 0) is 19.1 Å². The highest BCUT2D eigenvalue weighted by atomic mass is 16.6. The minimum absolute atomic E-state index is 0.0995. The van der Waals surface area contributed by atoms with Gasteiger partial charge < -0.3 is 14.6 Å². The van der Waals surface area contributed by atoms with Gasteiger partial charge in [0.15, 0.2) is 0 Å². The molecule has 1 N–H and O–H groups in total. The predicted molar refractivity (Wildman–Crippen MR) is 78.9 cm³/mol. The van der Waals surface area contributed by atoms with E-state index in [-0.39, 0.29) is 12.0 Å². The number of carbonyl (C=O) groups excluding carboxylic acids is 1. The number of nitrogens with zero attached hydrogens (tertiary/aromatic N) is 1. The monoisotopic (exact) mass is 301 g/mol. The third-order valence-corrected chi connectivity index (χ3v) is 2.48. The number of isocyanates is 1. The van der Waals surface area contributed by atoms with Crippen molar-refractivity contribution in [1.29, 1.82) is 0 Å². The van der Waals surface area contributed by atoms with Gasteiger partial charge in [0.25, 0.3) is 5.72 Å². The summed E-state index contributed by atoms with van der Waals surface area (Å²) in [6.45, 7) is 11.5. The molecular weight excluding hydrogens is 274 g/mol.